The maximum Gasteiger partial charge on any atom is 0.341 e. The van der Waals surface area contributed by atoms with Crippen molar-refractivity contribution < 1.29 is 24.2 Å². The standard InChI is InChI=1S/C19H20ClNO5/c1-12(14-6-8-16(9-7-14)25-11-18(22)23)21-19(24)13(2)26-17-5-3-4-15(20)10-17/h3-10,12-13H,11H2,1-2H3,(H,21,24)(H,22,23). The number of carboxylic acid groups (broad SMARTS) is 1. The van der Waals surface area contributed by atoms with E-state index < -0.39 is 18.7 Å². The third-order valence-corrected chi connectivity index (χ3v) is 3.81. The average Bonchev–Trinajstić information content (AvgIpc) is 2.60. The zero-order valence-corrected chi connectivity index (χ0v) is 15.2. The molecule has 0 radical (unpaired) electrons. The molecule has 0 saturated heterocycles. The number of aliphatic carboxylic acids is 1. The maximum absolute atomic E-state index is 12.3. The van der Waals surface area contributed by atoms with E-state index >= 15 is 0 Å². The van der Waals surface area contributed by atoms with Crippen molar-refractivity contribution >= 4 is 23.5 Å². The van der Waals surface area contributed by atoms with Gasteiger partial charge in [-0.1, -0.05) is 29.8 Å². The number of carboxylic acids is 1. The zero-order valence-electron chi connectivity index (χ0n) is 14.4. The van der Waals surface area contributed by atoms with Crippen LogP contribution in [0.2, 0.25) is 5.02 Å². The second-order valence-electron chi connectivity index (χ2n) is 5.70. The van der Waals surface area contributed by atoms with E-state index in [1.54, 1.807) is 55.5 Å². The van der Waals surface area contributed by atoms with Gasteiger partial charge in [0.15, 0.2) is 12.7 Å². The van der Waals surface area contributed by atoms with Crippen LogP contribution in [0.5, 0.6) is 11.5 Å². The molecule has 0 aromatic heterocycles. The minimum atomic E-state index is -1.04. The average molecular weight is 378 g/mol. The normalized spacial score (nSPS) is 12.7. The van der Waals surface area contributed by atoms with Gasteiger partial charge in [-0.3, -0.25) is 4.79 Å². The van der Waals surface area contributed by atoms with Crippen LogP contribution in [0.25, 0.3) is 0 Å². The van der Waals surface area contributed by atoms with Gasteiger partial charge >= 0.3 is 5.97 Å². The molecule has 0 fully saturated rings. The van der Waals surface area contributed by atoms with Crippen LogP contribution < -0.4 is 14.8 Å². The van der Waals surface area contributed by atoms with Crippen LogP contribution >= 0.6 is 11.6 Å². The Morgan fingerprint density at radius 2 is 1.81 bits per heavy atom. The fourth-order valence-electron chi connectivity index (χ4n) is 2.21. The van der Waals surface area contributed by atoms with Gasteiger partial charge in [-0.25, -0.2) is 4.79 Å². The number of hydrogen-bond donors (Lipinski definition) is 2. The van der Waals surface area contributed by atoms with E-state index in [0.29, 0.717) is 16.5 Å². The van der Waals surface area contributed by atoms with Crippen LogP contribution in [0.1, 0.15) is 25.5 Å². The number of carbonyl (C=O) groups excluding carboxylic acids is 1. The minimum Gasteiger partial charge on any atom is -0.482 e. The monoisotopic (exact) mass is 377 g/mol. The fraction of sp³-hybridized carbons (Fsp3) is 0.263. The molecule has 0 aliphatic rings. The first-order chi connectivity index (χ1) is 12.3. The Morgan fingerprint density at radius 1 is 1.12 bits per heavy atom. The number of nitrogens with one attached hydrogen (secondary N) is 1. The van der Waals surface area contributed by atoms with Crippen LogP contribution in [-0.4, -0.2) is 29.7 Å². The first-order valence-corrected chi connectivity index (χ1v) is 8.40. The molecule has 0 spiro atoms. The molecule has 2 unspecified atom stereocenters. The van der Waals surface area contributed by atoms with Gasteiger partial charge in [0.25, 0.3) is 5.91 Å². The Morgan fingerprint density at radius 3 is 2.42 bits per heavy atom. The lowest BCUT2D eigenvalue weighted by Crippen LogP contribution is -2.37. The number of carbonyl (C=O) groups is 2. The highest BCUT2D eigenvalue weighted by molar-refractivity contribution is 6.30. The summed E-state index contributed by atoms with van der Waals surface area (Å²) in [5, 5.41) is 12.0. The van der Waals surface area contributed by atoms with Gasteiger partial charge in [-0.05, 0) is 49.7 Å². The van der Waals surface area contributed by atoms with Crippen molar-refractivity contribution in [3.8, 4) is 11.5 Å². The van der Waals surface area contributed by atoms with E-state index in [4.69, 9.17) is 26.2 Å². The van der Waals surface area contributed by atoms with Gasteiger partial charge in [0.2, 0.25) is 0 Å². The summed E-state index contributed by atoms with van der Waals surface area (Å²) in [5.41, 5.74) is 0.857. The molecule has 2 rings (SSSR count). The molecule has 2 aromatic carbocycles. The number of ether oxygens (including phenoxy) is 2. The van der Waals surface area contributed by atoms with Crippen molar-refractivity contribution in [3.63, 3.8) is 0 Å². The minimum absolute atomic E-state index is 0.249. The number of amides is 1. The Balaban J connectivity index is 1.90. The highest BCUT2D eigenvalue weighted by atomic mass is 35.5. The molecule has 0 aliphatic carbocycles. The largest absolute Gasteiger partial charge is 0.482 e. The molecule has 7 heteroatoms. The zero-order chi connectivity index (χ0) is 19.1. The van der Waals surface area contributed by atoms with Crippen molar-refractivity contribution in [2.24, 2.45) is 0 Å². The lowest BCUT2D eigenvalue weighted by molar-refractivity contribution is -0.139. The maximum atomic E-state index is 12.3. The first-order valence-electron chi connectivity index (χ1n) is 8.02. The van der Waals surface area contributed by atoms with E-state index in [9.17, 15) is 9.59 Å². The van der Waals surface area contributed by atoms with E-state index in [1.807, 2.05) is 6.92 Å². The highest BCUT2D eigenvalue weighted by Crippen LogP contribution is 2.20. The van der Waals surface area contributed by atoms with Gasteiger partial charge < -0.3 is 19.9 Å². The molecule has 2 atom stereocenters. The molecular weight excluding hydrogens is 358 g/mol. The van der Waals surface area contributed by atoms with Gasteiger partial charge in [-0.15, -0.1) is 0 Å². The van der Waals surface area contributed by atoms with E-state index in [1.165, 1.54) is 0 Å². The van der Waals surface area contributed by atoms with E-state index in [0.717, 1.165) is 5.56 Å². The molecule has 1 amide bonds. The van der Waals surface area contributed by atoms with Crippen LogP contribution in [0.3, 0.4) is 0 Å². The Bertz CT molecular complexity index is 763. The van der Waals surface area contributed by atoms with Crippen LogP contribution in [-0.2, 0) is 9.59 Å². The quantitative estimate of drug-likeness (QED) is 0.736. The van der Waals surface area contributed by atoms with Crippen LogP contribution in [0, 0.1) is 0 Å². The van der Waals surface area contributed by atoms with Crippen molar-refractivity contribution in [2.75, 3.05) is 6.61 Å². The summed E-state index contributed by atoms with van der Waals surface area (Å²) in [6, 6.07) is 13.5. The molecule has 2 N–H and O–H groups in total. The second-order valence-corrected chi connectivity index (χ2v) is 6.14. The molecular formula is C19H20ClNO5. The summed E-state index contributed by atoms with van der Waals surface area (Å²) in [7, 11) is 0. The topological polar surface area (TPSA) is 84.9 Å². The number of halogens is 1. The smallest absolute Gasteiger partial charge is 0.341 e. The van der Waals surface area contributed by atoms with Gasteiger partial charge in [0, 0.05) is 5.02 Å². The molecule has 138 valence electrons. The first kappa shape index (κ1) is 19.6. The van der Waals surface area contributed by atoms with E-state index in [2.05, 4.69) is 5.32 Å². The molecule has 0 saturated carbocycles. The van der Waals surface area contributed by atoms with Crippen molar-refractivity contribution in [1.82, 2.24) is 5.32 Å². The lowest BCUT2D eigenvalue weighted by Gasteiger charge is -2.19. The molecule has 26 heavy (non-hydrogen) atoms. The third-order valence-electron chi connectivity index (χ3n) is 3.58. The van der Waals surface area contributed by atoms with Crippen molar-refractivity contribution in [2.45, 2.75) is 26.0 Å². The predicted molar refractivity (Wildman–Crippen MR) is 97.7 cm³/mol. The summed E-state index contributed by atoms with van der Waals surface area (Å²) < 4.78 is 10.7. The summed E-state index contributed by atoms with van der Waals surface area (Å²) in [4.78, 5) is 22.8. The Hall–Kier alpha value is -2.73. The summed E-state index contributed by atoms with van der Waals surface area (Å²) >= 11 is 5.90. The summed E-state index contributed by atoms with van der Waals surface area (Å²) in [5.74, 6) is -0.327. The lowest BCUT2D eigenvalue weighted by atomic mass is 10.1. The Labute approximate surface area is 156 Å². The van der Waals surface area contributed by atoms with Gasteiger partial charge in [0.1, 0.15) is 11.5 Å². The predicted octanol–water partition coefficient (Wildman–Crippen LogP) is 3.45. The van der Waals surface area contributed by atoms with Crippen molar-refractivity contribution in [3.05, 3.63) is 59.1 Å². The SMILES string of the molecule is CC(Oc1cccc(Cl)c1)C(=O)NC(C)c1ccc(OCC(=O)O)cc1. The highest BCUT2D eigenvalue weighted by Gasteiger charge is 2.18. The van der Waals surface area contributed by atoms with Crippen molar-refractivity contribution in [1.29, 1.82) is 0 Å². The molecule has 2 aromatic rings. The van der Waals surface area contributed by atoms with E-state index in [-0.39, 0.29) is 11.9 Å². The van der Waals surface area contributed by atoms with Crippen LogP contribution in [0.15, 0.2) is 48.5 Å². The Kier molecular flexibility index (Phi) is 6.86. The molecule has 0 heterocycles. The fourth-order valence-corrected chi connectivity index (χ4v) is 2.39. The van der Waals surface area contributed by atoms with Gasteiger partial charge in [-0.2, -0.15) is 0 Å². The molecule has 0 bridgehead atoms. The number of hydrogen-bond acceptors (Lipinski definition) is 4. The van der Waals surface area contributed by atoms with Crippen LogP contribution in [0.4, 0.5) is 0 Å². The summed E-state index contributed by atoms with van der Waals surface area (Å²) in [6.07, 6.45) is -0.686. The van der Waals surface area contributed by atoms with Gasteiger partial charge in [0.05, 0.1) is 6.04 Å². The summed E-state index contributed by atoms with van der Waals surface area (Å²) in [6.45, 7) is 3.10. The third kappa shape index (κ3) is 5.97. The number of benzene rings is 2. The molecule has 0 aliphatic heterocycles. The molecule has 6 nitrogen and oxygen atoms in total. The number of rotatable bonds is 8. The second kappa shape index (κ2) is 9.10.